The first-order valence-electron chi connectivity index (χ1n) is 8.64. The molecule has 0 spiro atoms. The molecule has 2 aromatic rings. The van der Waals surface area contributed by atoms with Gasteiger partial charge in [-0.15, -0.1) is 0 Å². The topological polar surface area (TPSA) is 12.0 Å². The largest absolute Gasteiger partial charge is 0.356 e. The summed E-state index contributed by atoms with van der Waals surface area (Å²) in [7, 11) is 0. The molecule has 0 saturated carbocycles. The summed E-state index contributed by atoms with van der Waals surface area (Å²) in [4.78, 5) is 0. The monoisotopic (exact) mass is 538 g/mol. The van der Waals surface area contributed by atoms with Crippen LogP contribution in [0.4, 0.5) is 11.4 Å². The second-order valence-electron chi connectivity index (χ2n) is 4.11. The molecule has 2 radical (unpaired) electrons. The normalized spacial score (nSPS) is 7.11. The summed E-state index contributed by atoms with van der Waals surface area (Å²) in [6.07, 6.45) is 5.13. The minimum absolute atomic E-state index is 0. The zero-order chi connectivity index (χ0) is 17.9. The van der Waals surface area contributed by atoms with Crippen molar-refractivity contribution >= 4 is 17.5 Å². The molecule has 158 valence electrons. The number of benzene rings is 2. The van der Waals surface area contributed by atoms with Crippen molar-refractivity contribution in [1.82, 2.24) is 0 Å². The van der Waals surface area contributed by atoms with Crippen molar-refractivity contribution < 1.29 is 65.4 Å². The molecule has 0 aliphatic carbocycles. The van der Waals surface area contributed by atoms with E-state index in [9.17, 15) is 0 Å². The average Bonchev–Trinajstić information content (AvgIpc) is 2.62. The maximum Gasteiger partial charge on any atom is 0.0384 e. The van der Waals surface area contributed by atoms with Crippen LogP contribution < -0.4 is 5.32 Å². The van der Waals surface area contributed by atoms with Crippen molar-refractivity contribution in [3.8, 4) is 0 Å². The van der Waals surface area contributed by atoms with E-state index in [0.29, 0.717) is 0 Å². The van der Waals surface area contributed by atoms with Crippen molar-refractivity contribution in [3.63, 3.8) is 0 Å². The van der Waals surface area contributed by atoms with Crippen molar-refractivity contribution in [3.05, 3.63) is 73.2 Å². The predicted molar refractivity (Wildman–Crippen MR) is 129 cm³/mol. The molecule has 0 aliphatic rings. The molecule has 3 heteroatoms. The van der Waals surface area contributed by atoms with Gasteiger partial charge in [0, 0.05) is 76.8 Å². The number of nitrogens with one attached hydrogen (secondary N) is 1. The van der Waals surface area contributed by atoms with E-state index in [1.165, 1.54) is 5.56 Å². The second kappa shape index (κ2) is 37.9. The Morgan fingerprint density at radius 3 is 1.46 bits per heavy atom. The molecule has 0 aliphatic heterocycles. The average molecular weight is 538 g/mol. The Hall–Kier alpha value is 0.188. The number of para-hydroxylation sites is 1. The molecule has 0 aromatic heterocycles. The summed E-state index contributed by atoms with van der Waals surface area (Å²) >= 11 is 0. The maximum absolute atomic E-state index is 3.49. The molecular formula is C25H46NY2-. The van der Waals surface area contributed by atoms with E-state index in [0.717, 1.165) is 17.8 Å². The SMILES string of the molecule is C.C.C.C/C=C/c1ccc(Nc2ccccc2)cc1.CC.CC.[CH2-]CC.[Y].[Y]. The first kappa shape index (κ1) is 46.4. The standard InChI is InChI=1S/C15H15N.C3H7.2C2H6.3CH4.2Y/c1-2-6-13-9-11-15(12-10-13)16-14-7-4-3-5-8-14;1-3-2;2*1-2;;;;;/h2-12,16H,1H3;1,3H2,2H3;2*1-2H3;3*1H4;;/q;-1;;;;;;;/b6-2+;;;;;;;;. The summed E-state index contributed by atoms with van der Waals surface area (Å²) in [6.45, 7) is 15.5. The number of hydrogen-bond acceptors (Lipinski definition) is 1. The van der Waals surface area contributed by atoms with Crippen LogP contribution >= 0.6 is 0 Å². The van der Waals surface area contributed by atoms with Gasteiger partial charge < -0.3 is 12.2 Å². The van der Waals surface area contributed by atoms with Crippen LogP contribution in [0.3, 0.4) is 0 Å². The second-order valence-corrected chi connectivity index (χ2v) is 4.11. The minimum atomic E-state index is 0. The number of hydrogen-bond donors (Lipinski definition) is 1. The van der Waals surface area contributed by atoms with Gasteiger partial charge >= 0.3 is 0 Å². The predicted octanol–water partition coefficient (Wildman–Crippen LogP) is 9.65. The molecule has 0 heterocycles. The van der Waals surface area contributed by atoms with Crippen LogP contribution in [0.25, 0.3) is 6.08 Å². The van der Waals surface area contributed by atoms with Gasteiger partial charge in [0.05, 0.1) is 0 Å². The van der Waals surface area contributed by atoms with E-state index in [1.807, 2.05) is 65.8 Å². The van der Waals surface area contributed by atoms with Crippen LogP contribution in [0.1, 0.15) is 75.8 Å². The summed E-state index contributed by atoms with van der Waals surface area (Å²) in [5.41, 5.74) is 3.45. The summed E-state index contributed by atoms with van der Waals surface area (Å²) in [5.74, 6) is 0. The van der Waals surface area contributed by atoms with E-state index in [2.05, 4.69) is 54.7 Å². The third kappa shape index (κ3) is 26.2. The third-order valence-corrected chi connectivity index (χ3v) is 2.33. The molecule has 0 fully saturated rings. The molecule has 1 nitrogen and oxygen atoms in total. The van der Waals surface area contributed by atoms with Crippen molar-refractivity contribution in [2.24, 2.45) is 0 Å². The number of allylic oxidation sites excluding steroid dienone is 1. The van der Waals surface area contributed by atoms with Crippen LogP contribution in [0, 0.1) is 6.92 Å². The van der Waals surface area contributed by atoms with Crippen LogP contribution in [0.5, 0.6) is 0 Å². The van der Waals surface area contributed by atoms with Crippen LogP contribution in [-0.2, 0) is 65.4 Å². The van der Waals surface area contributed by atoms with E-state index < -0.39 is 0 Å². The fourth-order valence-corrected chi connectivity index (χ4v) is 1.56. The first-order chi connectivity index (χ1) is 11.3. The van der Waals surface area contributed by atoms with Gasteiger partial charge in [-0.05, 0) is 36.8 Å². The Bertz CT molecular complexity index is 480. The zero-order valence-electron chi connectivity index (χ0n) is 16.9. The molecule has 0 atom stereocenters. The molecule has 0 saturated heterocycles. The van der Waals surface area contributed by atoms with Gasteiger partial charge in [-0.1, -0.05) is 99.4 Å². The Kier molecular flexibility index (Phi) is 62.8. The summed E-state index contributed by atoms with van der Waals surface area (Å²) < 4.78 is 0. The molecule has 2 aromatic carbocycles. The molecular weight excluding hydrogens is 492 g/mol. The fraction of sp³-hybridized carbons (Fsp3) is 0.400. The first-order valence-corrected chi connectivity index (χ1v) is 8.64. The van der Waals surface area contributed by atoms with Gasteiger partial charge in [0.1, 0.15) is 0 Å². The minimum Gasteiger partial charge on any atom is -0.356 e. The Morgan fingerprint density at radius 2 is 1.11 bits per heavy atom. The van der Waals surface area contributed by atoms with Gasteiger partial charge in [-0.25, -0.2) is 0 Å². The van der Waals surface area contributed by atoms with Gasteiger partial charge in [-0.3, -0.25) is 0 Å². The molecule has 1 N–H and O–H groups in total. The van der Waals surface area contributed by atoms with Gasteiger partial charge in [0.15, 0.2) is 0 Å². The zero-order valence-corrected chi connectivity index (χ0v) is 22.6. The van der Waals surface area contributed by atoms with Gasteiger partial charge in [0.2, 0.25) is 0 Å². The molecule has 0 amide bonds. The molecule has 0 unspecified atom stereocenters. The molecule has 0 bridgehead atoms. The Balaban J connectivity index is -0.0000000661. The van der Waals surface area contributed by atoms with Crippen LogP contribution in [-0.4, -0.2) is 0 Å². The van der Waals surface area contributed by atoms with Gasteiger partial charge in [0.25, 0.3) is 0 Å². The van der Waals surface area contributed by atoms with Crippen molar-refractivity contribution in [2.45, 2.75) is 70.2 Å². The summed E-state index contributed by atoms with van der Waals surface area (Å²) in [5, 5.41) is 3.35. The van der Waals surface area contributed by atoms with E-state index in [1.54, 1.807) is 0 Å². The number of rotatable bonds is 3. The van der Waals surface area contributed by atoms with E-state index in [4.69, 9.17) is 0 Å². The number of anilines is 2. The Labute approximate surface area is 229 Å². The maximum atomic E-state index is 3.49. The third-order valence-electron chi connectivity index (χ3n) is 2.33. The molecule has 2 rings (SSSR count). The van der Waals surface area contributed by atoms with Crippen LogP contribution in [0.15, 0.2) is 60.7 Å². The van der Waals surface area contributed by atoms with Gasteiger partial charge in [-0.2, -0.15) is 6.42 Å². The van der Waals surface area contributed by atoms with Crippen molar-refractivity contribution in [1.29, 1.82) is 0 Å². The smallest absolute Gasteiger partial charge is 0.0384 e. The van der Waals surface area contributed by atoms with E-state index in [-0.39, 0.29) is 87.7 Å². The van der Waals surface area contributed by atoms with Crippen molar-refractivity contribution in [2.75, 3.05) is 5.32 Å². The van der Waals surface area contributed by atoms with Crippen LogP contribution in [0.2, 0.25) is 0 Å². The summed E-state index contributed by atoms with van der Waals surface area (Å²) in [6, 6.07) is 18.5. The fourth-order valence-electron chi connectivity index (χ4n) is 1.56. The Morgan fingerprint density at radius 1 is 0.750 bits per heavy atom. The quantitative estimate of drug-likeness (QED) is 0.384. The van der Waals surface area contributed by atoms with E-state index >= 15 is 0 Å². The molecule has 28 heavy (non-hydrogen) atoms.